The van der Waals surface area contributed by atoms with Crippen LogP contribution in [-0.4, -0.2) is 50.7 Å². The highest BCUT2D eigenvalue weighted by molar-refractivity contribution is 5.97. The molecule has 122 valence electrons. The normalized spacial score (nSPS) is 26.0. The molecule has 1 amide bonds. The molecule has 1 N–H and O–H groups in total. The molecule has 0 saturated carbocycles. The van der Waals surface area contributed by atoms with Crippen LogP contribution < -0.4 is 14.8 Å². The molecule has 2 bridgehead atoms. The van der Waals surface area contributed by atoms with Crippen LogP contribution in [0.4, 0.5) is 0 Å². The number of rotatable bonds is 4. The molecule has 1 atom stereocenters. The van der Waals surface area contributed by atoms with Gasteiger partial charge in [-0.1, -0.05) is 0 Å². The Bertz CT molecular complexity index is 530. The lowest BCUT2D eigenvalue weighted by molar-refractivity contribution is 0.0619. The third-order valence-corrected chi connectivity index (χ3v) is 4.63. The first-order valence-corrected chi connectivity index (χ1v) is 7.46. The van der Waals surface area contributed by atoms with E-state index in [2.05, 4.69) is 10.2 Å². The third-order valence-electron chi connectivity index (χ3n) is 4.63. The topological polar surface area (TPSA) is 50.8 Å². The summed E-state index contributed by atoms with van der Waals surface area (Å²) in [5.41, 5.74) is 0.565. The third kappa shape index (κ3) is 3.31. The SMILES string of the molecule is COc1ccc(C(=O)NC2CN3CCC2CC3)c(OC)c1.Cl. The molecule has 0 aromatic heterocycles. The monoisotopic (exact) mass is 326 g/mol. The second kappa shape index (κ2) is 7.20. The minimum absolute atomic E-state index is 0. The van der Waals surface area contributed by atoms with Crippen molar-refractivity contribution in [3.05, 3.63) is 23.8 Å². The summed E-state index contributed by atoms with van der Waals surface area (Å²) in [6.07, 6.45) is 2.37. The fourth-order valence-electron chi connectivity index (χ4n) is 3.36. The maximum absolute atomic E-state index is 12.5. The maximum Gasteiger partial charge on any atom is 0.255 e. The summed E-state index contributed by atoms with van der Waals surface area (Å²) >= 11 is 0. The standard InChI is InChI=1S/C16H22N2O3.ClH/c1-20-12-3-4-13(15(9-12)21-2)16(19)17-14-10-18-7-5-11(14)6-8-18;/h3-4,9,11,14H,5-8,10H2,1-2H3,(H,17,19);1H. The molecule has 3 heterocycles. The van der Waals surface area contributed by atoms with Crippen molar-refractivity contribution in [1.82, 2.24) is 10.2 Å². The van der Waals surface area contributed by atoms with Gasteiger partial charge in [-0.2, -0.15) is 0 Å². The molecule has 3 saturated heterocycles. The van der Waals surface area contributed by atoms with E-state index in [-0.39, 0.29) is 24.4 Å². The summed E-state index contributed by atoms with van der Waals surface area (Å²) in [5.74, 6) is 1.79. The highest BCUT2D eigenvalue weighted by atomic mass is 35.5. The molecule has 4 rings (SSSR count). The quantitative estimate of drug-likeness (QED) is 0.919. The van der Waals surface area contributed by atoms with Gasteiger partial charge in [0, 0.05) is 18.7 Å². The van der Waals surface area contributed by atoms with Crippen molar-refractivity contribution in [2.45, 2.75) is 18.9 Å². The molecule has 6 heteroatoms. The van der Waals surface area contributed by atoms with Crippen molar-refractivity contribution in [2.24, 2.45) is 5.92 Å². The Hall–Kier alpha value is -1.46. The van der Waals surface area contributed by atoms with Crippen molar-refractivity contribution in [3.63, 3.8) is 0 Å². The Morgan fingerprint density at radius 2 is 1.95 bits per heavy atom. The van der Waals surface area contributed by atoms with Gasteiger partial charge < -0.3 is 19.7 Å². The number of carbonyl (C=O) groups is 1. The first-order chi connectivity index (χ1) is 10.2. The molecule has 22 heavy (non-hydrogen) atoms. The summed E-state index contributed by atoms with van der Waals surface area (Å²) in [4.78, 5) is 14.9. The van der Waals surface area contributed by atoms with Gasteiger partial charge in [0.1, 0.15) is 11.5 Å². The predicted octanol–water partition coefficient (Wildman–Crippen LogP) is 1.95. The molecule has 1 unspecified atom stereocenters. The predicted molar refractivity (Wildman–Crippen MR) is 87.2 cm³/mol. The molecule has 0 spiro atoms. The number of hydrogen-bond donors (Lipinski definition) is 1. The van der Waals surface area contributed by atoms with E-state index in [1.165, 1.54) is 25.9 Å². The lowest BCUT2D eigenvalue weighted by Crippen LogP contribution is -2.57. The van der Waals surface area contributed by atoms with Gasteiger partial charge in [-0.05, 0) is 44.0 Å². The minimum Gasteiger partial charge on any atom is -0.497 e. The summed E-state index contributed by atoms with van der Waals surface area (Å²) < 4.78 is 10.5. The van der Waals surface area contributed by atoms with Gasteiger partial charge in [0.15, 0.2) is 0 Å². The van der Waals surface area contributed by atoms with Gasteiger partial charge in [0.05, 0.1) is 19.8 Å². The lowest BCUT2D eigenvalue weighted by atomic mass is 9.84. The Morgan fingerprint density at radius 3 is 2.50 bits per heavy atom. The van der Waals surface area contributed by atoms with Crippen LogP contribution in [0.2, 0.25) is 0 Å². The van der Waals surface area contributed by atoms with E-state index in [1.807, 2.05) is 0 Å². The van der Waals surface area contributed by atoms with Crippen molar-refractivity contribution < 1.29 is 14.3 Å². The number of amides is 1. The van der Waals surface area contributed by atoms with Gasteiger partial charge in [-0.3, -0.25) is 4.79 Å². The first-order valence-electron chi connectivity index (χ1n) is 7.46. The maximum atomic E-state index is 12.5. The number of nitrogens with one attached hydrogen (secondary N) is 1. The number of hydrogen-bond acceptors (Lipinski definition) is 4. The van der Waals surface area contributed by atoms with Crippen LogP contribution >= 0.6 is 12.4 Å². The number of benzene rings is 1. The highest BCUT2D eigenvalue weighted by Crippen LogP contribution is 2.29. The van der Waals surface area contributed by atoms with E-state index < -0.39 is 0 Å². The molecule has 3 aliphatic heterocycles. The number of nitrogens with zero attached hydrogens (tertiary/aromatic N) is 1. The van der Waals surface area contributed by atoms with Crippen LogP contribution in [0, 0.1) is 5.92 Å². The van der Waals surface area contributed by atoms with Crippen LogP contribution in [0.3, 0.4) is 0 Å². The van der Waals surface area contributed by atoms with Crippen molar-refractivity contribution >= 4 is 18.3 Å². The fraction of sp³-hybridized carbons (Fsp3) is 0.562. The molecular weight excluding hydrogens is 304 g/mol. The number of halogens is 1. The van der Waals surface area contributed by atoms with E-state index in [4.69, 9.17) is 9.47 Å². The highest BCUT2D eigenvalue weighted by Gasteiger charge is 2.35. The van der Waals surface area contributed by atoms with Crippen molar-refractivity contribution in [3.8, 4) is 11.5 Å². The summed E-state index contributed by atoms with van der Waals surface area (Å²) in [7, 11) is 3.17. The van der Waals surface area contributed by atoms with Gasteiger partial charge in [-0.25, -0.2) is 0 Å². The number of methoxy groups -OCH3 is 2. The number of piperidine rings is 3. The average Bonchev–Trinajstić information content (AvgIpc) is 2.55. The summed E-state index contributed by atoms with van der Waals surface area (Å²) in [6, 6.07) is 5.54. The summed E-state index contributed by atoms with van der Waals surface area (Å²) in [5, 5.41) is 3.18. The molecule has 1 aromatic carbocycles. The van der Waals surface area contributed by atoms with Gasteiger partial charge in [0.2, 0.25) is 0 Å². The van der Waals surface area contributed by atoms with Crippen LogP contribution in [-0.2, 0) is 0 Å². The molecule has 0 radical (unpaired) electrons. The largest absolute Gasteiger partial charge is 0.497 e. The molecule has 1 aromatic rings. The van der Waals surface area contributed by atoms with Crippen molar-refractivity contribution in [1.29, 1.82) is 0 Å². The second-order valence-electron chi connectivity index (χ2n) is 5.78. The van der Waals surface area contributed by atoms with Gasteiger partial charge >= 0.3 is 0 Å². The second-order valence-corrected chi connectivity index (χ2v) is 5.78. The van der Waals surface area contributed by atoms with Gasteiger partial charge in [-0.15, -0.1) is 12.4 Å². The van der Waals surface area contributed by atoms with E-state index in [1.54, 1.807) is 32.4 Å². The van der Waals surface area contributed by atoms with Crippen molar-refractivity contribution in [2.75, 3.05) is 33.9 Å². The zero-order valence-electron chi connectivity index (χ0n) is 13.0. The van der Waals surface area contributed by atoms with E-state index >= 15 is 0 Å². The molecule has 3 fully saturated rings. The van der Waals surface area contributed by atoms with Gasteiger partial charge in [0.25, 0.3) is 5.91 Å². The van der Waals surface area contributed by atoms with E-state index in [0.29, 0.717) is 23.0 Å². The van der Waals surface area contributed by atoms with Crippen LogP contribution in [0.15, 0.2) is 18.2 Å². The van der Waals surface area contributed by atoms with Crippen LogP contribution in [0.25, 0.3) is 0 Å². The number of ether oxygens (including phenoxy) is 2. The average molecular weight is 327 g/mol. The van der Waals surface area contributed by atoms with Crippen LogP contribution in [0.1, 0.15) is 23.2 Å². The minimum atomic E-state index is -0.0618. The Balaban J connectivity index is 0.00000176. The Morgan fingerprint density at radius 1 is 1.23 bits per heavy atom. The van der Waals surface area contributed by atoms with E-state index in [9.17, 15) is 4.79 Å². The molecule has 5 nitrogen and oxygen atoms in total. The fourth-order valence-corrected chi connectivity index (χ4v) is 3.36. The Kier molecular flexibility index (Phi) is 5.53. The lowest BCUT2D eigenvalue weighted by Gasteiger charge is -2.44. The zero-order valence-corrected chi connectivity index (χ0v) is 13.8. The molecule has 0 aliphatic carbocycles. The number of fused-ring (bicyclic) bond motifs is 3. The summed E-state index contributed by atoms with van der Waals surface area (Å²) in [6.45, 7) is 3.31. The zero-order chi connectivity index (χ0) is 14.8. The Labute approximate surface area is 137 Å². The molecule has 3 aliphatic rings. The first kappa shape index (κ1) is 16.9. The van der Waals surface area contributed by atoms with Crippen LogP contribution in [0.5, 0.6) is 11.5 Å². The number of carbonyl (C=O) groups excluding carboxylic acids is 1. The molecular formula is C16H23ClN2O3. The smallest absolute Gasteiger partial charge is 0.255 e. The van der Waals surface area contributed by atoms with E-state index in [0.717, 1.165) is 6.54 Å².